The van der Waals surface area contributed by atoms with E-state index in [2.05, 4.69) is 26.3 Å². The van der Waals surface area contributed by atoms with Crippen LogP contribution in [0.3, 0.4) is 0 Å². The third kappa shape index (κ3) is 3.55. The van der Waals surface area contributed by atoms with Gasteiger partial charge in [0, 0.05) is 49.7 Å². The molecule has 3 aliphatic rings. The number of amides is 2. The summed E-state index contributed by atoms with van der Waals surface area (Å²) in [7, 11) is 0. The van der Waals surface area contributed by atoms with E-state index in [4.69, 9.17) is 0 Å². The Morgan fingerprint density at radius 2 is 2.03 bits per heavy atom. The molecule has 146 valence electrons. The molecule has 2 unspecified atom stereocenters. The molecule has 0 radical (unpaired) electrons. The van der Waals surface area contributed by atoms with Crippen LogP contribution in [0.2, 0.25) is 0 Å². The van der Waals surface area contributed by atoms with Gasteiger partial charge in [-0.2, -0.15) is 0 Å². The maximum absolute atomic E-state index is 12.7. The van der Waals surface area contributed by atoms with Crippen LogP contribution in [0, 0.1) is 11.8 Å². The molecule has 0 aromatic carbocycles. The number of allylic oxidation sites excluding steroid dienone is 1. The summed E-state index contributed by atoms with van der Waals surface area (Å²) in [6, 6.07) is 1.99. The normalized spacial score (nSPS) is 23.0. The third-order valence-corrected chi connectivity index (χ3v) is 5.92. The van der Waals surface area contributed by atoms with Gasteiger partial charge < -0.3 is 10.2 Å². The molecule has 7 heteroatoms. The Kier molecular flexibility index (Phi) is 4.42. The van der Waals surface area contributed by atoms with Crippen LogP contribution in [0.15, 0.2) is 43.1 Å². The minimum Gasteiger partial charge on any atom is -0.338 e. The Hall–Kier alpha value is -3.35. The number of hydrogen-bond acceptors (Lipinski definition) is 5. The van der Waals surface area contributed by atoms with Gasteiger partial charge in [0.1, 0.15) is 12.1 Å². The first-order chi connectivity index (χ1) is 14.2. The molecule has 4 heterocycles. The van der Waals surface area contributed by atoms with E-state index in [-0.39, 0.29) is 11.8 Å². The van der Waals surface area contributed by atoms with E-state index in [1.165, 1.54) is 5.57 Å². The Bertz CT molecular complexity index is 1030. The monoisotopic (exact) mass is 387 g/mol. The summed E-state index contributed by atoms with van der Waals surface area (Å²) in [6.45, 7) is 1.52. The molecule has 0 saturated carbocycles. The molecular formula is C22H21N5O2. The van der Waals surface area contributed by atoms with Crippen LogP contribution in [-0.4, -0.2) is 44.8 Å². The number of hydrogen-bond donors (Lipinski definition) is 1. The van der Waals surface area contributed by atoms with Crippen molar-refractivity contribution >= 4 is 29.3 Å². The van der Waals surface area contributed by atoms with Crippen molar-refractivity contribution in [1.82, 2.24) is 19.9 Å². The summed E-state index contributed by atoms with van der Waals surface area (Å²) >= 11 is 0. The number of carbonyl (C=O) groups is 2. The lowest BCUT2D eigenvalue weighted by Crippen LogP contribution is -2.27. The summed E-state index contributed by atoms with van der Waals surface area (Å²) in [4.78, 5) is 38.5. The van der Waals surface area contributed by atoms with Crippen LogP contribution < -0.4 is 5.32 Å². The SMILES string of the molecule is O=C1CCc2cc(/C=C/C(=O)N3CC4C=C(c5cncnc5)CC4C3)cnc2N1. The van der Waals surface area contributed by atoms with Gasteiger partial charge in [-0.05, 0) is 53.5 Å². The van der Waals surface area contributed by atoms with Gasteiger partial charge in [0.05, 0.1) is 0 Å². The van der Waals surface area contributed by atoms with Gasteiger partial charge in [0.2, 0.25) is 11.8 Å². The second-order valence-corrected chi connectivity index (χ2v) is 7.85. The standard InChI is InChI=1S/C22H21N5O2/c28-20-3-2-15-5-14(8-25-22(15)26-20)1-4-21(29)27-11-17-6-16(7-18(17)12-27)19-9-23-13-24-10-19/h1,4-6,8-10,13,17-18H,2-3,7,11-12H2,(H,25,26,28)/b4-1+. The van der Waals surface area contributed by atoms with Gasteiger partial charge >= 0.3 is 0 Å². The van der Waals surface area contributed by atoms with Crippen LogP contribution in [-0.2, 0) is 16.0 Å². The van der Waals surface area contributed by atoms with Crippen molar-refractivity contribution in [2.24, 2.45) is 11.8 Å². The first-order valence-electron chi connectivity index (χ1n) is 9.87. The Morgan fingerprint density at radius 1 is 1.17 bits per heavy atom. The number of carbonyl (C=O) groups excluding carboxylic acids is 2. The number of nitrogens with one attached hydrogen (secondary N) is 1. The highest BCUT2D eigenvalue weighted by Gasteiger charge is 2.37. The van der Waals surface area contributed by atoms with Crippen molar-refractivity contribution in [2.45, 2.75) is 19.3 Å². The summed E-state index contributed by atoms with van der Waals surface area (Å²) in [6.07, 6.45) is 14.8. The molecule has 1 aliphatic carbocycles. The van der Waals surface area contributed by atoms with Crippen molar-refractivity contribution < 1.29 is 9.59 Å². The molecule has 1 N–H and O–H groups in total. The van der Waals surface area contributed by atoms with Crippen LogP contribution in [0.1, 0.15) is 29.5 Å². The molecule has 2 aromatic rings. The number of likely N-dealkylation sites (tertiary alicyclic amines) is 1. The predicted molar refractivity (Wildman–Crippen MR) is 108 cm³/mol. The van der Waals surface area contributed by atoms with Crippen LogP contribution in [0.5, 0.6) is 0 Å². The van der Waals surface area contributed by atoms with Crippen molar-refractivity contribution in [3.63, 3.8) is 0 Å². The second kappa shape index (κ2) is 7.24. The molecule has 2 aromatic heterocycles. The lowest BCUT2D eigenvalue weighted by atomic mass is 9.99. The quantitative estimate of drug-likeness (QED) is 0.817. The van der Waals surface area contributed by atoms with Gasteiger partial charge in [0.15, 0.2) is 0 Å². The topological polar surface area (TPSA) is 88.1 Å². The molecular weight excluding hydrogens is 366 g/mol. The van der Waals surface area contributed by atoms with Crippen LogP contribution in [0.4, 0.5) is 5.82 Å². The molecule has 5 rings (SSSR count). The number of aryl methyl sites for hydroxylation is 1. The molecule has 0 bridgehead atoms. The zero-order chi connectivity index (χ0) is 19.8. The van der Waals surface area contributed by atoms with Crippen LogP contribution >= 0.6 is 0 Å². The van der Waals surface area contributed by atoms with E-state index in [0.29, 0.717) is 30.5 Å². The molecule has 2 amide bonds. The first kappa shape index (κ1) is 17.7. The third-order valence-electron chi connectivity index (χ3n) is 5.92. The van der Waals surface area contributed by atoms with E-state index < -0.39 is 0 Å². The first-order valence-corrected chi connectivity index (χ1v) is 9.87. The van der Waals surface area contributed by atoms with Crippen molar-refractivity contribution in [1.29, 1.82) is 0 Å². The zero-order valence-electron chi connectivity index (χ0n) is 15.9. The van der Waals surface area contributed by atoms with Crippen molar-refractivity contribution in [3.05, 3.63) is 59.8 Å². The van der Waals surface area contributed by atoms with Crippen molar-refractivity contribution in [3.8, 4) is 0 Å². The van der Waals surface area contributed by atoms with Gasteiger partial charge in [0.25, 0.3) is 0 Å². The van der Waals surface area contributed by atoms with Crippen molar-refractivity contribution in [2.75, 3.05) is 18.4 Å². The number of fused-ring (bicyclic) bond motifs is 2. The number of anilines is 1. The highest BCUT2D eigenvalue weighted by molar-refractivity contribution is 5.94. The molecule has 2 atom stereocenters. The highest BCUT2D eigenvalue weighted by atomic mass is 16.2. The van der Waals surface area contributed by atoms with Gasteiger partial charge in [-0.3, -0.25) is 9.59 Å². The van der Waals surface area contributed by atoms with Gasteiger partial charge in [-0.25, -0.2) is 15.0 Å². The average Bonchev–Trinajstić information content (AvgIpc) is 3.32. The van der Waals surface area contributed by atoms with E-state index in [0.717, 1.165) is 36.2 Å². The van der Waals surface area contributed by atoms with E-state index >= 15 is 0 Å². The fourth-order valence-corrected chi connectivity index (χ4v) is 4.41. The van der Waals surface area contributed by atoms with E-state index in [9.17, 15) is 9.59 Å². The maximum atomic E-state index is 12.7. The fourth-order valence-electron chi connectivity index (χ4n) is 4.41. The molecule has 29 heavy (non-hydrogen) atoms. The Labute approximate surface area is 168 Å². The van der Waals surface area contributed by atoms with E-state index in [1.54, 1.807) is 18.6 Å². The Morgan fingerprint density at radius 3 is 2.86 bits per heavy atom. The molecule has 2 aliphatic heterocycles. The fraction of sp³-hybridized carbons (Fsp3) is 0.318. The molecule has 1 fully saturated rings. The lowest BCUT2D eigenvalue weighted by Gasteiger charge is -2.16. The van der Waals surface area contributed by atoms with Gasteiger partial charge in [-0.15, -0.1) is 0 Å². The largest absolute Gasteiger partial charge is 0.338 e. The minimum absolute atomic E-state index is 0.0000455. The summed E-state index contributed by atoms with van der Waals surface area (Å²) in [5.41, 5.74) is 4.25. The average molecular weight is 387 g/mol. The highest BCUT2D eigenvalue weighted by Crippen LogP contribution is 2.40. The second-order valence-electron chi connectivity index (χ2n) is 7.85. The zero-order valence-corrected chi connectivity index (χ0v) is 15.9. The number of nitrogens with zero attached hydrogens (tertiary/aromatic N) is 4. The smallest absolute Gasteiger partial charge is 0.246 e. The molecule has 0 spiro atoms. The predicted octanol–water partition coefficient (Wildman–Crippen LogP) is 2.33. The molecule has 7 nitrogen and oxygen atoms in total. The Balaban J connectivity index is 1.23. The summed E-state index contributed by atoms with van der Waals surface area (Å²) < 4.78 is 0. The lowest BCUT2D eigenvalue weighted by molar-refractivity contribution is -0.125. The molecule has 1 saturated heterocycles. The number of rotatable bonds is 3. The maximum Gasteiger partial charge on any atom is 0.246 e. The minimum atomic E-state index is 0.0000455. The summed E-state index contributed by atoms with van der Waals surface area (Å²) in [5.74, 6) is 1.53. The number of pyridine rings is 1. The summed E-state index contributed by atoms with van der Waals surface area (Å²) in [5, 5.41) is 2.77. The van der Waals surface area contributed by atoms with E-state index in [1.807, 2.05) is 29.4 Å². The van der Waals surface area contributed by atoms with Crippen LogP contribution in [0.25, 0.3) is 11.6 Å². The van der Waals surface area contributed by atoms with Gasteiger partial charge in [-0.1, -0.05) is 6.08 Å². The number of aromatic nitrogens is 3.